The van der Waals surface area contributed by atoms with Gasteiger partial charge in [-0.25, -0.2) is 0 Å². The lowest BCUT2D eigenvalue weighted by Crippen LogP contribution is -1.98. The van der Waals surface area contributed by atoms with E-state index in [0.717, 1.165) is 21.9 Å². The molecule has 1 heteroatoms. The third-order valence-corrected chi connectivity index (χ3v) is 6.04. The topological polar surface area (TPSA) is 9.23 Å². The minimum atomic E-state index is -0.536. The molecule has 0 bridgehead atoms. The van der Waals surface area contributed by atoms with Gasteiger partial charge in [-0.2, -0.15) is 0 Å². The van der Waals surface area contributed by atoms with E-state index in [1.54, 1.807) is 12.1 Å². The fraction of sp³-hybridized carbons (Fsp3) is 0. The average molecular weight is 430 g/mol. The van der Waals surface area contributed by atoms with Crippen molar-refractivity contribution in [3.63, 3.8) is 0 Å². The average Bonchev–Trinajstić information content (AvgIpc) is 3.01. The molecule has 0 saturated carbocycles. The normalized spacial score (nSPS) is 15.7. The summed E-state index contributed by atoms with van der Waals surface area (Å²) in [5.74, 6) is -0.437. The second-order valence-electron chi connectivity index (χ2n) is 7.83. The van der Waals surface area contributed by atoms with Crippen LogP contribution in [0.15, 0.2) is 121 Å². The van der Waals surface area contributed by atoms with Gasteiger partial charge in [-0.15, -0.1) is 0 Å². The number of hydrogen-bond donors (Lipinski definition) is 0. The summed E-state index contributed by atoms with van der Waals surface area (Å²) in [4.78, 5) is 0. The quantitative estimate of drug-likeness (QED) is 0.266. The summed E-state index contributed by atoms with van der Waals surface area (Å²) in [7, 11) is 0. The van der Waals surface area contributed by atoms with Gasteiger partial charge in [0, 0.05) is 10.9 Å². The van der Waals surface area contributed by atoms with Gasteiger partial charge in [0.1, 0.15) is 11.5 Å². The third-order valence-electron chi connectivity index (χ3n) is 6.04. The minimum Gasteiger partial charge on any atom is -0.456 e. The molecule has 1 nitrogen and oxygen atoms in total. The van der Waals surface area contributed by atoms with E-state index in [0.29, 0.717) is 5.56 Å². The van der Waals surface area contributed by atoms with Crippen molar-refractivity contribution < 1.29 is 17.1 Å². The van der Waals surface area contributed by atoms with Crippen molar-refractivity contribution in [2.75, 3.05) is 0 Å². The Labute approximate surface area is 205 Å². The Hall–Kier alpha value is -4.36. The Morgan fingerprint density at radius 2 is 1.18 bits per heavy atom. The molecular formula is C32H20O. The predicted molar refractivity (Wildman–Crippen MR) is 138 cm³/mol. The van der Waals surface area contributed by atoms with Crippen molar-refractivity contribution in [3.05, 3.63) is 121 Å². The van der Waals surface area contributed by atoms with E-state index < -0.39 is 36.3 Å². The lowest BCUT2D eigenvalue weighted by Gasteiger charge is -2.23. The number of benzene rings is 6. The maximum atomic E-state index is 9.14. The predicted octanol–water partition coefficient (Wildman–Crippen LogP) is 9.10. The van der Waals surface area contributed by atoms with E-state index in [-0.39, 0.29) is 57.1 Å². The fourth-order valence-electron chi connectivity index (χ4n) is 4.58. The molecule has 0 aliphatic carbocycles. The van der Waals surface area contributed by atoms with Crippen molar-refractivity contribution >= 4 is 21.5 Å². The molecule has 0 radical (unpaired) electrons. The van der Waals surface area contributed by atoms with Gasteiger partial charge < -0.3 is 4.74 Å². The van der Waals surface area contributed by atoms with Gasteiger partial charge in [0.15, 0.2) is 0 Å². The molecule has 154 valence electrons. The monoisotopic (exact) mass is 429 g/mol. The van der Waals surface area contributed by atoms with Crippen LogP contribution in [0.25, 0.3) is 54.9 Å². The molecule has 1 aliphatic heterocycles. The molecule has 0 spiro atoms. The number of rotatable bonds is 2. The van der Waals surface area contributed by atoms with E-state index in [4.69, 9.17) is 17.1 Å². The first-order chi connectivity index (χ1) is 20.1. The van der Waals surface area contributed by atoms with Crippen molar-refractivity contribution in [1.29, 1.82) is 0 Å². The molecule has 6 aromatic rings. The largest absolute Gasteiger partial charge is 0.456 e. The molecule has 0 N–H and O–H groups in total. The van der Waals surface area contributed by atoms with Crippen molar-refractivity contribution in [2.45, 2.75) is 0 Å². The van der Waals surface area contributed by atoms with E-state index in [9.17, 15) is 0 Å². The summed E-state index contributed by atoms with van der Waals surface area (Å²) in [5, 5.41) is 2.22. The summed E-state index contributed by atoms with van der Waals surface area (Å²) < 4.78 is 84.0. The van der Waals surface area contributed by atoms with Crippen LogP contribution in [0.1, 0.15) is 12.3 Å². The van der Waals surface area contributed by atoms with Crippen LogP contribution in [0, 0.1) is 0 Å². The summed E-state index contributed by atoms with van der Waals surface area (Å²) in [5.41, 5.74) is 2.30. The highest BCUT2D eigenvalue weighted by molar-refractivity contribution is 6.12. The molecule has 0 unspecified atom stereocenters. The van der Waals surface area contributed by atoms with E-state index in [1.165, 1.54) is 0 Å². The molecular weight excluding hydrogens is 400 g/mol. The van der Waals surface area contributed by atoms with Gasteiger partial charge in [-0.3, -0.25) is 0 Å². The van der Waals surface area contributed by atoms with Crippen molar-refractivity contribution in [3.8, 4) is 44.9 Å². The van der Waals surface area contributed by atoms with E-state index in [2.05, 4.69) is 0 Å². The number of fused-ring (bicyclic) bond motifs is 3. The molecule has 0 saturated heterocycles. The van der Waals surface area contributed by atoms with Crippen molar-refractivity contribution in [2.24, 2.45) is 0 Å². The van der Waals surface area contributed by atoms with Gasteiger partial charge in [0.05, 0.1) is 12.3 Å². The fourth-order valence-corrected chi connectivity index (χ4v) is 4.58. The van der Waals surface area contributed by atoms with Gasteiger partial charge in [-0.1, -0.05) is 109 Å². The summed E-state index contributed by atoms with van der Waals surface area (Å²) in [6.45, 7) is 0. The van der Waals surface area contributed by atoms with Crippen LogP contribution in [0.5, 0.6) is 11.5 Å². The smallest absolute Gasteiger partial charge is 0.135 e. The highest BCUT2D eigenvalue weighted by Crippen LogP contribution is 2.49. The Bertz CT molecular complexity index is 2170. The zero-order valence-electron chi connectivity index (χ0n) is 26.3. The van der Waals surface area contributed by atoms with Crippen LogP contribution in [-0.4, -0.2) is 0 Å². The summed E-state index contributed by atoms with van der Waals surface area (Å²) in [6, 6.07) is 17.4. The van der Waals surface area contributed by atoms with E-state index in [1.807, 2.05) is 54.6 Å². The lowest BCUT2D eigenvalue weighted by molar-refractivity contribution is 0.487. The molecule has 33 heavy (non-hydrogen) atoms. The first kappa shape index (κ1) is 11.5. The Morgan fingerprint density at radius 1 is 0.455 bits per heavy atom. The zero-order valence-corrected chi connectivity index (χ0v) is 17.3. The maximum absolute atomic E-state index is 9.14. The zero-order chi connectivity index (χ0) is 29.6. The van der Waals surface area contributed by atoms with Crippen molar-refractivity contribution in [1.82, 2.24) is 0 Å². The molecule has 1 heterocycles. The molecule has 1 aliphatic rings. The molecule has 0 fully saturated rings. The maximum Gasteiger partial charge on any atom is 0.135 e. The number of hydrogen-bond acceptors (Lipinski definition) is 1. The standard InChI is InChI=1S/C32H20O/c1-2-11-22-21(9-1)10-7-15-23(22)24-12-3-4-13-25(24)26-19-20-31-32-28(26)16-8-17-29(32)27-14-5-6-18-30(27)33-31/h1-20H/i5D,6D,8D,14D,16D,17D,18D,19D,20D. The second-order valence-corrected chi connectivity index (χ2v) is 7.83. The van der Waals surface area contributed by atoms with Gasteiger partial charge in [0.25, 0.3) is 0 Å². The molecule has 7 rings (SSSR count). The van der Waals surface area contributed by atoms with Gasteiger partial charge in [0.2, 0.25) is 0 Å². The first-order valence-corrected chi connectivity index (χ1v) is 10.6. The summed E-state index contributed by atoms with van der Waals surface area (Å²) >= 11 is 0. The SMILES string of the molecule is [2H]c1c([2H])c([2H])c2c(c1[2H])Oc1c([2H])c([2H])c(-c3ccccc3-c3cccc4ccccc34)c3c([2H])c([2H])c([2H])c-2c13. The second kappa shape index (κ2) is 7.08. The van der Waals surface area contributed by atoms with Crippen LogP contribution >= 0.6 is 0 Å². The Morgan fingerprint density at radius 3 is 2.12 bits per heavy atom. The molecule has 0 atom stereocenters. The first-order valence-electron chi connectivity index (χ1n) is 15.1. The molecule has 6 aromatic carbocycles. The van der Waals surface area contributed by atoms with Crippen LogP contribution in [0.3, 0.4) is 0 Å². The van der Waals surface area contributed by atoms with Gasteiger partial charge >= 0.3 is 0 Å². The van der Waals surface area contributed by atoms with Crippen LogP contribution in [0.2, 0.25) is 0 Å². The van der Waals surface area contributed by atoms with Gasteiger partial charge in [-0.05, 0) is 56.1 Å². The number of ether oxygens (including phenoxy) is 1. The lowest BCUT2D eigenvalue weighted by atomic mass is 9.87. The summed E-state index contributed by atoms with van der Waals surface area (Å²) in [6.07, 6.45) is 0. The minimum absolute atomic E-state index is 0.00774. The Balaban J connectivity index is 1.67. The molecule has 0 aromatic heterocycles. The van der Waals surface area contributed by atoms with Crippen LogP contribution in [-0.2, 0) is 0 Å². The van der Waals surface area contributed by atoms with E-state index >= 15 is 0 Å². The third kappa shape index (κ3) is 2.73. The Kier molecular flexibility index (Phi) is 2.46. The molecule has 0 amide bonds. The van der Waals surface area contributed by atoms with Crippen LogP contribution in [0.4, 0.5) is 0 Å². The highest BCUT2D eigenvalue weighted by Gasteiger charge is 2.22. The highest BCUT2D eigenvalue weighted by atomic mass is 16.5. The number of para-hydroxylation sites is 1. The van der Waals surface area contributed by atoms with Crippen LogP contribution < -0.4 is 4.74 Å².